The van der Waals surface area contributed by atoms with Crippen molar-refractivity contribution in [3.63, 3.8) is 0 Å². The zero-order valence-electron chi connectivity index (χ0n) is 21.4. The summed E-state index contributed by atoms with van der Waals surface area (Å²) >= 11 is 0. The van der Waals surface area contributed by atoms with Crippen molar-refractivity contribution in [3.05, 3.63) is 11.8 Å². The Labute approximate surface area is 210 Å². The number of aliphatic hydroxyl groups is 2. The van der Waals surface area contributed by atoms with Gasteiger partial charge in [0.05, 0.1) is 18.7 Å². The summed E-state index contributed by atoms with van der Waals surface area (Å²) in [4.78, 5) is 41.3. The highest BCUT2D eigenvalue weighted by molar-refractivity contribution is 5.87. The quantitative estimate of drug-likeness (QED) is 0.0703. The van der Waals surface area contributed by atoms with E-state index < -0.39 is 78.9 Å². The Bertz CT molecular complexity index is 829. The molecule has 0 saturated heterocycles. The Kier molecular flexibility index (Phi) is 12.1. The number of nitrogens with two attached hydrogens (primary N) is 3. The minimum atomic E-state index is -1.45. The van der Waals surface area contributed by atoms with Gasteiger partial charge < -0.3 is 51.7 Å². The van der Waals surface area contributed by atoms with Crippen LogP contribution in [0.3, 0.4) is 0 Å². The molecule has 1 heterocycles. The first-order valence-corrected chi connectivity index (χ1v) is 11.5. The van der Waals surface area contributed by atoms with Gasteiger partial charge in [-0.05, 0) is 12.0 Å². The highest BCUT2D eigenvalue weighted by atomic mass is 16.7. The van der Waals surface area contributed by atoms with Crippen LogP contribution in [0.1, 0.15) is 34.6 Å². The second-order valence-electron chi connectivity index (χ2n) is 9.06. The van der Waals surface area contributed by atoms with Crippen molar-refractivity contribution in [2.24, 2.45) is 34.0 Å². The number of amides is 1. The molecule has 14 nitrogen and oxygen atoms in total. The van der Waals surface area contributed by atoms with Crippen molar-refractivity contribution >= 4 is 23.8 Å². The maximum atomic E-state index is 13.1. The molecule has 9 N–H and O–H groups in total. The fraction of sp³-hybridized carbons (Fsp3) is 0.727. The highest BCUT2D eigenvalue weighted by Gasteiger charge is 2.45. The van der Waals surface area contributed by atoms with E-state index in [1.165, 1.54) is 20.1 Å². The van der Waals surface area contributed by atoms with Crippen molar-refractivity contribution < 1.29 is 43.5 Å². The van der Waals surface area contributed by atoms with Gasteiger partial charge >= 0.3 is 11.9 Å². The van der Waals surface area contributed by atoms with Crippen LogP contribution >= 0.6 is 0 Å². The van der Waals surface area contributed by atoms with Gasteiger partial charge in [0.1, 0.15) is 18.2 Å². The molecule has 1 rings (SSSR count). The Morgan fingerprint density at radius 2 is 1.78 bits per heavy atom. The molecule has 0 aliphatic carbocycles. The summed E-state index contributed by atoms with van der Waals surface area (Å²) in [5.74, 6) is -3.66. The van der Waals surface area contributed by atoms with Crippen LogP contribution in [0.2, 0.25) is 0 Å². The van der Waals surface area contributed by atoms with E-state index in [-0.39, 0.29) is 11.9 Å². The molecule has 0 aromatic rings. The molecule has 1 aliphatic heterocycles. The second-order valence-corrected chi connectivity index (χ2v) is 9.06. The lowest BCUT2D eigenvalue weighted by Crippen LogP contribution is -2.60. The average molecular weight is 518 g/mol. The first-order chi connectivity index (χ1) is 16.7. The molecule has 7 unspecified atom stereocenters. The van der Waals surface area contributed by atoms with E-state index in [2.05, 4.69) is 10.3 Å². The molecule has 206 valence electrons. The molecule has 0 spiro atoms. The van der Waals surface area contributed by atoms with E-state index in [1.807, 2.05) is 0 Å². The Morgan fingerprint density at radius 1 is 1.17 bits per heavy atom. The number of hydrogen-bond acceptors (Lipinski definition) is 11. The van der Waals surface area contributed by atoms with E-state index in [0.29, 0.717) is 0 Å². The Balaban J connectivity index is 3.36. The number of rotatable bonds is 12. The van der Waals surface area contributed by atoms with Crippen LogP contribution in [0.5, 0.6) is 0 Å². The minimum absolute atomic E-state index is 0.207. The monoisotopic (exact) mass is 517 g/mol. The van der Waals surface area contributed by atoms with Crippen LogP contribution in [0.25, 0.3) is 0 Å². The summed E-state index contributed by atoms with van der Waals surface area (Å²) < 4.78 is 21.8. The van der Waals surface area contributed by atoms with Crippen LogP contribution in [-0.2, 0) is 33.3 Å². The number of carbonyl (C=O) groups excluding carboxylic acids is 3. The van der Waals surface area contributed by atoms with Gasteiger partial charge in [-0.25, -0.2) is 9.79 Å². The third kappa shape index (κ3) is 8.62. The van der Waals surface area contributed by atoms with Crippen LogP contribution in [0, 0.1) is 11.8 Å². The molecule has 1 amide bonds. The van der Waals surface area contributed by atoms with Gasteiger partial charge in [-0.2, -0.15) is 0 Å². The Hall–Kier alpha value is -2.94. The maximum Gasteiger partial charge on any atom is 0.376 e. The van der Waals surface area contributed by atoms with Crippen LogP contribution in [0.15, 0.2) is 16.8 Å². The van der Waals surface area contributed by atoms with Crippen LogP contribution < -0.4 is 22.5 Å². The first-order valence-electron chi connectivity index (χ1n) is 11.5. The zero-order chi connectivity index (χ0) is 27.7. The summed E-state index contributed by atoms with van der Waals surface area (Å²) in [6.45, 7) is 7.35. The number of nitrogens with one attached hydrogen (secondary N) is 1. The summed E-state index contributed by atoms with van der Waals surface area (Å²) in [5.41, 5.74) is 16.9. The minimum Gasteiger partial charge on any atom is -0.478 e. The highest BCUT2D eigenvalue weighted by Crippen LogP contribution is 2.27. The molecule has 36 heavy (non-hydrogen) atoms. The maximum absolute atomic E-state index is 13.1. The van der Waals surface area contributed by atoms with Gasteiger partial charge in [0, 0.05) is 20.0 Å². The largest absolute Gasteiger partial charge is 0.478 e. The summed E-state index contributed by atoms with van der Waals surface area (Å²) in [6.07, 6.45) is -3.99. The van der Waals surface area contributed by atoms with Crippen molar-refractivity contribution in [1.82, 2.24) is 5.32 Å². The van der Waals surface area contributed by atoms with Gasteiger partial charge in [-0.15, -0.1) is 0 Å². The fourth-order valence-corrected chi connectivity index (χ4v) is 3.33. The van der Waals surface area contributed by atoms with E-state index in [1.54, 1.807) is 27.7 Å². The lowest BCUT2D eigenvalue weighted by molar-refractivity contribution is -0.199. The van der Waals surface area contributed by atoms with E-state index in [0.717, 1.165) is 0 Å². The van der Waals surface area contributed by atoms with Gasteiger partial charge in [0.15, 0.2) is 12.1 Å². The molecule has 0 bridgehead atoms. The first kappa shape index (κ1) is 31.1. The van der Waals surface area contributed by atoms with Crippen LogP contribution in [-0.4, -0.2) is 90.5 Å². The topological polar surface area (TPSA) is 231 Å². The second kappa shape index (κ2) is 14.0. The molecule has 0 fully saturated rings. The van der Waals surface area contributed by atoms with Gasteiger partial charge in [-0.1, -0.05) is 27.7 Å². The van der Waals surface area contributed by atoms with Crippen molar-refractivity contribution in [2.45, 2.75) is 77.3 Å². The third-order valence-corrected chi connectivity index (χ3v) is 5.33. The predicted octanol–water partition coefficient (Wildman–Crippen LogP) is -2.16. The fourth-order valence-electron chi connectivity index (χ4n) is 3.33. The van der Waals surface area contributed by atoms with E-state index in [9.17, 15) is 24.6 Å². The summed E-state index contributed by atoms with van der Waals surface area (Å²) in [5, 5.41) is 22.3. The number of aliphatic hydroxyl groups excluding tert-OH is 2. The molecular formula is C22H39N5O9. The van der Waals surface area contributed by atoms with Crippen molar-refractivity contribution in [2.75, 3.05) is 13.7 Å². The number of nitrogens with zero attached hydrogens (tertiary/aromatic N) is 1. The molecule has 1 aliphatic rings. The summed E-state index contributed by atoms with van der Waals surface area (Å²) in [7, 11) is 1.25. The third-order valence-electron chi connectivity index (χ3n) is 5.33. The van der Waals surface area contributed by atoms with Gasteiger partial charge in [-0.3, -0.25) is 9.59 Å². The molecule has 7 atom stereocenters. The predicted molar refractivity (Wildman–Crippen MR) is 128 cm³/mol. The number of carbonyl (C=O) groups is 3. The van der Waals surface area contributed by atoms with E-state index in [4.69, 9.17) is 36.1 Å². The van der Waals surface area contributed by atoms with E-state index >= 15 is 0 Å². The number of hydrogen-bond donors (Lipinski definition) is 6. The molecule has 14 heteroatoms. The summed E-state index contributed by atoms with van der Waals surface area (Å²) in [6, 6.07) is -2.97. The average Bonchev–Trinajstić information content (AvgIpc) is 2.78. The number of ether oxygens (including phenoxy) is 4. The SMILES string of the molecule is COC(C(O)CO)C1OC(C(=O)OC(OC(=O)C(N)C(C)C)C(C)C)=CC(N=C(N)N)C1NC(C)=O. The molecular weight excluding hydrogens is 478 g/mol. The number of aliphatic imine (C=N–C) groups is 1. The van der Waals surface area contributed by atoms with Gasteiger partial charge in [0.2, 0.25) is 18.0 Å². The van der Waals surface area contributed by atoms with Crippen LogP contribution in [0.4, 0.5) is 0 Å². The molecule has 0 saturated carbocycles. The lowest BCUT2D eigenvalue weighted by Gasteiger charge is -2.40. The molecule has 0 aromatic heterocycles. The number of esters is 2. The number of methoxy groups -OCH3 is 1. The Morgan fingerprint density at radius 3 is 2.22 bits per heavy atom. The van der Waals surface area contributed by atoms with Crippen molar-refractivity contribution in [1.29, 1.82) is 0 Å². The van der Waals surface area contributed by atoms with Crippen molar-refractivity contribution in [3.8, 4) is 0 Å². The zero-order valence-corrected chi connectivity index (χ0v) is 21.4. The van der Waals surface area contributed by atoms with Gasteiger partial charge in [0.25, 0.3) is 0 Å². The molecule has 0 radical (unpaired) electrons. The lowest BCUT2D eigenvalue weighted by atomic mass is 9.92. The normalized spacial score (nSPS) is 23.0. The molecule has 0 aromatic carbocycles. The standard InChI is InChI=1S/C22H39N5O9/c1-9(2)15(23)20(32)36-21(10(3)4)35-19(31)14-7-12(27-22(24)25)16(26-11(5)29)18(34-14)17(33-6)13(30)8-28/h7,9-10,12-13,15-18,21,28,30H,8,23H2,1-6H3,(H,26,29)(H4,24,25,27). The number of guanidine groups is 1. The smallest absolute Gasteiger partial charge is 0.376 e.